The monoisotopic (exact) mass is 283 g/mol. The van der Waals surface area contributed by atoms with Gasteiger partial charge in [0.15, 0.2) is 5.16 Å². The summed E-state index contributed by atoms with van der Waals surface area (Å²) in [6.45, 7) is 1.94. The molecule has 0 unspecified atom stereocenters. The molecule has 1 aromatic carbocycles. The summed E-state index contributed by atoms with van der Waals surface area (Å²) in [7, 11) is 0. The molecule has 1 heterocycles. The highest BCUT2D eigenvalue weighted by atomic mass is 32.2. The molecule has 102 valence electrons. The molecule has 0 saturated heterocycles. The first-order valence-electron chi connectivity index (χ1n) is 6.72. The van der Waals surface area contributed by atoms with Gasteiger partial charge in [-0.1, -0.05) is 47.7 Å². The van der Waals surface area contributed by atoms with Crippen molar-refractivity contribution in [3.05, 3.63) is 52.7 Å². The van der Waals surface area contributed by atoms with Gasteiger partial charge in [0.05, 0.1) is 0 Å². The van der Waals surface area contributed by atoms with Gasteiger partial charge in [0.25, 0.3) is 0 Å². The smallest absolute Gasteiger partial charge is 0.190 e. The number of hydrogen-bond acceptors (Lipinski definition) is 4. The molecular formula is C16H17N3S. The normalized spacial score (nSPS) is 13.8. The van der Waals surface area contributed by atoms with Crippen LogP contribution in [0.5, 0.6) is 0 Å². The van der Waals surface area contributed by atoms with Crippen LogP contribution < -0.4 is 5.73 Å². The fourth-order valence-corrected chi connectivity index (χ4v) is 3.31. The summed E-state index contributed by atoms with van der Waals surface area (Å²) >= 11 is 1.66. The molecule has 4 heteroatoms. The van der Waals surface area contributed by atoms with E-state index in [1.54, 1.807) is 17.8 Å². The van der Waals surface area contributed by atoms with E-state index in [0.29, 0.717) is 5.82 Å². The van der Waals surface area contributed by atoms with Gasteiger partial charge in [0.1, 0.15) is 5.82 Å². The number of rotatable bonds is 3. The van der Waals surface area contributed by atoms with Crippen LogP contribution >= 0.6 is 11.8 Å². The third-order valence-corrected chi connectivity index (χ3v) is 4.33. The number of hydrogen-bond donors (Lipinski definition) is 1. The molecule has 0 spiro atoms. The van der Waals surface area contributed by atoms with Crippen LogP contribution in [0, 0.1) is 6.92 Å². The lowest BCUT2D eigenvalue weighted by Crippen LogP contribution is -2.02. The number of nitrogens with two attached hydrogens (primary N) is 1. The highest BCUT2D eigenvalue weighted by Crippen LogP contribution is 2.27. The summed E-state index contributed by atoms with van der Waals surface area (Å²) in [6, 6.07) is 10.4. The van der Waals surface area contributed by atoms with Crippen LogP contribution in [0.3, 0.4) is 0 Å². The lowest BCUT2D eigenvalue weighted by atomic mass is 9.93. The van der Waals surface area contributed by atoms with E-state index in [-0.39, 0.29) is 0 Å². The van der Waals surface area contributed by atoms with E-state index < -0.39 is 0 Å². The lowest BCUT2D eigenvalue weighted by Gasteiger charge is -2.15. The van der Waals surface area contributed by atoms with Gasteiger partial charge in [-0.2, -0.15) is 0 Å². The molecule has 0 atom stereocenters. The lowest BCUT2D eigenvalue weighted by molar-refractivity contribution is 0.920. The molecule has 3 rings (SSSR count). The minimum Gasteiger partial charge on any atom is -0.384 e. The molecule has 0 fully saturated rings. The molecule has 1 aliphatic carbocycles. The average molecular weight is 283 g/mol. The van der Waals surface area contributed by atoms with Crippen molar-refractivity contribution >= 4 is 23.7 Å². The van der Waals surface area contributed by atoms with Gasteiger partial charge in [-0.05, 0) is 30.9 Å². The van der Waals surface area contributed by atoms with E-state index in [0.717, 1.165) is 29.4 Å². The van der Waals surface area contributed by atoms with Crippen molar-refractivity contribution in [2.45, 2.75) is 24.9 Å². The Labute approximate surface area is 123 Å². The van der Waals surface area contributed by atoms with Crippen molar-refractivity contribution in [1.82, 2.24) is 9.97 Å². The minimum atomic E-state index is 0.544. The third-order valence-electron chi connectivity index (χ3n) is 3.37. The van der Waals surface area contributed by atoms with Crippen molar-refractivity contribution in [1.29, 1.82) is 0 Å². The molecule has 1 aromatic heterocycles. The molecule has 2 aromatic rings. The second kappa shape index (κ2) is 5.67. The molecule has 0 amide bonds. The van der Waals surface area contributed by atoms with Gasteiger partial charge < -0.3 is 5.73 Å². The summed E-state index contributed by atoms with van der Waals surface area (Å²) in [5.74, 6) is 1.47. The van der Waals surface area contributed by atoms with Crippen LogP contribution in [-0.2, 0) is 6.42 Å². The van der Waals surface area contributed by atoms with E-state index in [4.69, 9.17) is 5.73 Å². The number of aryl methyl sites for hydroxylation is 2. The van der Waals surface area contributed by atoms with Crippen LogP contribution in [0.2, 0.25) is 0 Å². The standard InChI is InChI=1S/C16H17N3S/c1-11-8-15(17)19-16(18-11)20-10-12-6-7-13-4-2-3-5-14(13)9-12/h2-5,8-9H,6-7,10H2,1H3,(H2,17,18,19). The number of nitrogens with zero attached hydrogens (tertiary/aromatic N) is 2. The van der Waals surface area contributed by atoms with Gasteiger partial charge in [0.2, 0.25) is 0 Å². The van der Waals surface area contributed by atoms with E-state index in [2.05, 4.69) is 40.3 Å². The highest BCUT2D eigenvalue weighted by Gasteiger charge is 2.10. The Morgan fingerprint density at radius 1 is 1.20 bits per heavy atom. The Kier molecular flexibility index (Phi) is 3.74. The van der Waals surface area contributed by atoms with Crippen molar-refractivity contribution in [2.75, 3.05) is 11.5 Å². The minimum absolute atomic E-state index is 0.544. The van der Waals surface area contributed by atoms with Crippen molar-refractivity contribution < 1.29 is 0 Å². The molecule has 0 aliphatic heterocycles. The molecule has 0 radical (unpaired) electrons. The largest absolute Gasteiger partial charge is 0.384 e. The second-order valence-electron chi connectivity index (χ2n) is 5.01. The topological polar surface area (TPSA) is 51.8 Å². The molecular weight excluding hydrogens is 266 g/mol. The van der Waals surface area contributed by atoms with Gasteiger partial charge in [-0.25, -0.2) is 9.97 Å². The number of nitrogen functional groups attached to an aromatic ring is 1. The summed E-state index contributed by atoms with van der Waals surface area (Å²) in [4.78, 5) is 8.67. The maximum Gasteiger partial charge on any atom is 0.190 e. The predicted molar refractivity (Wildman–Crippen MR) is 84.6 cm³/mol. The fourth-order valence-electron chi connectivity index (χ4n) is 2.39. The summed E-state index contributed by atoms with van der Waals surface area (Å²) in [5.41, 5.74) is 10.9. The molecule has 0 bridgehead atoms. The van der Waals surface area contributed by atoms with Gasteiger partial charge in [0, 0.05) is 17.5 Å². The maximum absolute atomic E-state index is 5.75. The zero-order chi connectivity index (χ0) is 13.9. The molecule has 20 heavy (non-hydrogen) atoms. The molecule has 1 aliphatic rings. The van der Waals surface area contributed by atoms with Crippen LogP contribution in [0.1, 0.15) is 23.2 Å². The zero-order valence-corrected chi connectivity index (χ0v) is 12.3. The average Bonchev–Trinajstić information content (AvgIpc) is 2.44. The third kappa shape index (κ3) is 3.02. The summed E-state index contributed by atoms with van der Waals surface area (Å²) in [6.07, 6.45) is 4.54. The Morgan fingerprint density at radius 3 is 2.90 bits per heavy atom. The summed E-state index contributed by atoms with van der Waals surface area (Å²) in [5, 5.41) is 0.766. The second-order valence-corrected chi connectivity index (χ2v) is 5.95. The van der Waals surface area contributed by atoms with E-state index in [9.17, 15) is 0 Å². The highest BCUT2D eigenvalue weighted by molar-refractivity contribution is 7.99. The first-order valence-corrected chi connectivity index (χ1v) is 7.70. The van der Waals surface area contributed by atoms with Gasteiger partial charge >= 0.3 is 0 Å². The van der Waals surface area contributed by atoms with Crippen LogP contribution in [0.15, 0.2) is 41.1 Å². The SMILES string of the molecule is Cc1cc(N)nc(SCC2=Cc3ccccc3CC2)n1. The van der Waals surface area contributed by atoms with Crippen LogP contribution in [0.25, 0.3) is 6.08 Å². The Balaban J connectivity index is 1.72. The van der Waals surface area contributed by atoms with Crippen molar-refractivity contribution in [2.24, 2.45) is 0 Å². The fraction of sp³-hybridized carbons (Fsp3) is 0.250. The maximum atomic E-state index is 5.75. The predicted octanol–water partition coefficient (Wildman–Crippen LogP) is 3.49. The quantitative estimate of drug-likeness (QED) is 0.692. The number of thioether (sulfide) groups is 1. The Morgan fingerprint density at radius 2 is 2.05 bits per heavy atom. The molecule has 3 nitrogen and oxygen atoms in total. The Bertz CT molecular complexity index is 644. The first-order chi connectivity index (χ1) is 9.70. The number of anilines is 1. The van der Waals surface area contributed by atoms with Gasteiger partial charge in [-0.15, -0.1) is 0 Å². The zero-order valence-electron chi connectivity index (χ0n) is 11.5. The van der Waals surface area contributed by atoms with Crippen LogP contribution in [-0.4, -0.2) is 15.7 Å². The number of benzene rings is 1. The Hall–Kier alpha value is -1.81. The van der Waals surface area contributed by atoms with E-state index in [1.807, 2.05) is 6.92 Å². The summed E-state index contributed by atoms with van der Waals surface area (Å²) < 4.78 is 0. The van der Waals surface area contributed by atoms with E-state index in [1.165, 1.54) is 16.7 Å². The van der Waals surface area contributed by atoms with Crippen LogP contribution in [0.4, 0.5) is 5.82 Å². The number of aromatic nitrogens is 2. The number of fused-ring (bicyclic) bond motifs is 1. The molecule has 2 N–H and O–H groups in total. The van der Waals surface area contributed by atoms with E-state index >= 15 is 0 Å². The first kappa shape index (κ1) is 13.2. The van der Waals surface area contributed by atoms with Crippen molar-refractivity contribution in [3.63, 3.8) is 0 Å². The van der Waals surface area contributed by atoms with Crippen molar-refractivity contribution in [3.8, 4) is 0 Å². The van der Waals surface area contributed by atoms with Gasteiger partial charge in [-0.3, -0.25) is 0 Å². The molecule has 0 saturated carbocycles.